The highest BCUT2D eigenvalue weighted by Crippen LogP contribution is 2.23. The predicted molar refractivity (Wildman–Crippen MR) is 89.6 cm³/mol. The first-order valence-electron chi connectivity index (χ1n) is 7.21. The Morgan fingerprint density at radius 1 is 1.20 bits per heavy atom. The number of carbonyl (C=O) groups is 1. The molecule has 0 unspecified atom stereocenters. The van der Waals surface area contributed by atoms with E-state index >= 15 is 0 Å². The standard InChI is InChI=1S/C18H12ClFO5/c1-23-12-3-5-13-10(6-17(21)25-16(13)8-12)9-24-18(22)14-4-2-11(19)7-15(14)20/h2-8H,9H2,1H3. The maximum atomic E-state index is 13.8. The molecule has 0 spiro atoms. The third kappa shape index (κ3) is 3.64. The number of carbonyl (C=O) groups excluding carboxylic acids is 1. The monoisotopic (exact) mass is 362 g/mol. The Hall–Kier alpha value is -2.86. The van der Waals surface area contributed by atoms with Gasteiger partial charge in [-0.05, 0) is 30.3 Å². The molecule has 128 valence electrons. The van der Waals surface area contributed by atoms with Gasteiger partial charge in [0.25, 0.3) is 0 Å². The number of ether oxygens (including phenoxy) is 2. The molecule has 0 aliphatic rings. The Labute approximate surface area is 146 Å². The van der Waals surface area contributed by atoms with Gasteiger partial charge in [-0.3, -0.25) is 0 Å². The van der Waals surface area contributed by atoms with E-state index in [2.05, 4.69) is 0 Å². The van der Waals surface area contributed by atoms with Crippen molar-refractivity contribution in [2.45, 2.75) is 6.61 Å². The summed E-state index contributed by atoms with van der Waals surface area (Å²) in [5.41, 5.74) is -0.0880. The first-order valence-corrected chi connectivity index (χ1v) is 7.58. The molecule has 0 fully saturated rings. The van der Waals surface area contributed by atoms with E-state index in [1.54, 1.807) is 18.2 Å². The molecule has 0 aliphatic heterocycles. The molecule has 2 aromatic carbocycles. The van der Waals surface area contributed by atoms with E-state index in [0.717, 1.165) is 6.07 Å². The van der Waals surface area contributed by atoms with Gasteiger partial charge in [0.15, 0.2) is 0 Å². The molecule has 0 N–H and O–H groups in total. The highest BCUT2D eigenvalue weighted by molar-refractivity contribution is 6.30. The minimum Gasteiger partial charge on any atom is -0.497 e. The molecular weight excluding hydrogens is 351 g/mol. The quantitative estimate of drug-likeness (QED) is 0.519. The summed E-state index contributed by atoms with van der Waals surface area (Å²) >= 11 is 5.65. The molecule has 1 heterocycles. The van der Waals surface area contributed by atoms with Crippen LogP contribution in [0.1, 0.15) is 15.9 Å². The summed E-state index contributed by atoms with van der Waals surface area (Å²) in [7, 11) is 1.49. The van der Waals surface area contributed by atoms with Crippen molar-refractivity contribution < 1.29 is 23.1 Å². The molecule has 25 heavy (non-hydrogen) atoms. The van der Waals surface area contributed by atoms with Crippen LogP contribution < -0.4 is 10.4 Å². The maximum absolute atomic E-state index is 13.8. The second-order valence-corrected chi connectivity index (χ2v) is 5.59. The molecule has 0 aliphatic carbocycles. The second kappa shape index (κ2) is 6.94. The van der Waals surface area contributed by atoms with Crippen LogP contribution in [0.15, 0.2) is 51.7 Å². The Morgan fingerprint density at radius 2 is 2.00 bits per heavy atom. The Kier molecular flexibility index (Phi) is 4.72. The zero-order chi connectivity index (χ0) is 18.0. The lowest BCUT2D eigenvalue weighted by Gasteiger charge is -2.09. The summed E-state index contributed by atoms with van der Waals surface area (Å²) in [4.78, 5) is 23.7. The highest BCUT2D eigenvalue weighted by atomic mass is 35.5. The number of benzene rings is 2. The van der Waals surface area contributed by atoms with Gasteiger partial charge in [-0.2, -0.15) is 0 Å². The SMILES string of the molecule is COc1ccc2c(COC(=O)c3ccc(Cl)cc3F)cc(=O)oc2c1. The van der Waals surface area contributed by atoms with Crippen LogP contribution >= 0.6 is 11.6 Å². The van der Waals surface area contributed by atoms with Crippen LogP contribution in [-0.2, 0) is 11.3 Å². The maximum Gasteiger partial charge on any atom is 0.341 e. The number of esters is 1. The van der Waals surface area contributed by atoms with Crippen molar-refractivity contribution in [3.05, 3.63) is 74.9 Å². The molecule has 5 nitrogen and oxygen atoms in total. The van der Waals surface area contributed by atoms with Gasteiger partial charge in [-0.1, -0.05) is 11.6 Å². The summed E-state index contributed by atoms with van der Waals surface area (Å²) in [6.07, 6.45) is 0. The van der Waals surface area contributed by atoms with Crippen LogP contribution in [0.5, 0.6) is 5.75 Å². The molecule has 0 saturated heterocycles. The normalized spacial score (nSPS) is 10.7. The summed E-state index contributed by atoms with van der Waals surface area (Å²) in [5, 5.41) is 0.763. The van der Waals surface area contributed by atoms with Gasteiger partial charge < -0.3 is 13.9 Å². The fourth-order valence-electron chi connectivity index (χ4n) is 2.33. The van der Waals surface area contributed by atoms with E-state index in [0.29, 0.717) is 22.3 Å². The van der Waals surface area contributed by atoms with Crippen molar-refractivity contribution in [3.63, 3.8) is 0 Å². The second-order valence-electron chi connectivity index (χ2n) is 5.15. The zero-order valence-corrected chi connectivity index (χ0v) is 13.8. The molecule has 0 amide bonds. The summed E-state index contributed by atoms with van der Waals surface area (Å²) < 4.78 is 29.1. The van der Waals surface area contributed by atoms with Crippen molar-refractivity contribution >= 4 is 28.5 Å². The lowest BCUT2D eigenvalue weighted by Crippen LogP contribution is -2.09. The van der Waals surface area contributed by atoms with E-state index in [4.69, 9.17) is 25.5 Å². The fraction of sp³-hybridized carbons (Fsp3) is 0.111. The molecule has 3 rings (SSSR count). The molecule has 7 heteroatoms. The van der Waals surface area contributed by atoms with Gasteiger partial charge >= 0.3 is 11.6 Å². The number of hydrogen-bond donors (Lipinski definition) is 0. The van der Waals surface area contributed by atoms with Crippen LogP contribution in [0.4, 0.5) is 4.39 Å². The third-order valence-electron chi connectivity index (χ3n) is 3.55. The van der Waals surface area contributed by atoms with Gasteiger partial charge in [0, 0.05) is 28.1 Å². The van der Waals surface area contributed by atoms with Crippen molar-refractivity contribution in [3.8, 4) is 5.75 Å². The van der Waals surface area contributed by atoms with Gasteiger partial charge in [0.05, 0.1) is 12.7 Å². The van der Waals surface area contributed by atoms with E-state index in [1.165, 1.54) is 25.3 Å². The van der Waals surface area contributed by atoms with Crippen molar-refractivity contribution in [2.75, 3.05) is 7.11 Å². The van der Waals surface area contributed by atoms with Gasteiger partial charge in [-0.25, -0.2) is 14.0 Å². The van der Waals surface area contributed by atoms with E-state index in [9.17, 15) is 14.0 Å². The molecule has 1 aromatic heterocycles. The predicted octanol–water partition coefficient (Wildman–Crippen LogP) is 3.95. The molecule has 0 atom stereocenters. The molecule has 0 saturated carbocycles. The Balaban J connectivity index is 1.88. The lowest BCUT2D eigenvalue weighted by molar-refractivity contribution is 0.0468. The van der Waals surface area contributed by atoms with Gasteiger partial charge in [-0.15, -0.1) is 0 Å². The average Bonchev–Trinajstić information content (AvgIpc) is 2.58. The van der Waals surface area contributed by atoms with E-state index in [1.807, 2.05) is 0 Å². The van der Waals surface area contributed by atoms with E-state index in [-0.39, 0.29) is 17.2 Å². The first kappa shape index (κ1) is 17.0. The van der Waals surface area contributed by atoms with Gasteiger partial charge in [0.1, 0.15) is 23.8 Å². The summed E-state index contributed by atoms with van der Waals surface area (Å²) in [6, 6.07) is 9.80. The zero-order valence-electron chi connectivity index (χ0n) is 13.0. The topological polar surface area (TPSA) is 65.7 Å². The summed E-state index contributed by atoms with van der Waals surface area (Å²) in [5.74, 6) is -1.11. The minimum atomic E-state index is -0.857. The third-order valence-corrected chi connectivity index (χ3v) is 3.78. The van der Waals surface area contributed by atoms with Crippen LogP contribution in [0.2, 0.25) is 5.02 Å². The van der Waals surface area contributed by atoms with Crippen molar-refractivity contribution in [2.24, 2.45) is 0 Å². The van der Waals surface area contributed by atoms with Crippen molar-refractivity contribution in [1.29, 1.82) is 0 Å². The van der Waals surface area contributed by atoms with Crippen LogP contribution in [0, 0.1) is 5.82 Å². The molecule has 0 radical (unpaired) electrons. The number of fused-ring (bicyclic) bond motifs is 1. The fourth-order valence-corrected chi connectivity index (χ4v) is 2.49. The number of halogens is 2. The van der Waals surface area contributed by atoms with Crippen LogP contribution in [0.25, 0.3) is 11.0 Å². The van der Waals surface area contributed by atoms with E-state index < -0.39 is 17.4 Å². The Morgan fingerprint density at radius 3 is 2.72 bits per heavy atom. The molecule has 0 bridgehead atoms. The number of methoxy groups -OCH3 is 1. The number of rotatable bonds is 4. The van der Waals surface area contributed by atoms with Gasteiger partial charge in [0.2, 0.25) is 0 Å². The molecular formula is C18H12ClFO5. The minimum absolute atomic E-state index is 0.176. The average molecular weight is 363 g/mol. The smallest absolute Gasteiger partial charge is 0.341 e. The Bertz CT molecular complexity index is 1010. The highest BCUT2D eigenvalue weighted by Gasteiger charge is 2.15. The number of hydrogen-bond acceptors (Lipinski definition) is 5. The van der Waals surface area contributed by atoms with Crippen LogP contribution in [0.3, 0.4) is 0 Å². The molecule has 3 aromatic rings. The van der Waals surface area contributed by atoms with Crippen LogP contribution in [-0.4, -0.2) is 13.1 Å². The van der Waals surface area contributed by atoms with Crippen molar-refractivity contribution in [1.82, 2.24) is 0 Å². The summed E-state index contributed by atoms with van der Waals surface area (Å²) in [6.45, 7) is -0.213. The largest absolute Gasteiger partial charge is 0.497 e. The first-order chi connectivity index (χ1) is 12.0. The lowest BCUT2D eigenvalue weighted by atomic mass is 10.1.